The second kappa shape index (κ2) is 5.87. The van der Waals surface area contributed by atoms with Gasteiger partial charge in [0, 0.05) is 31.4 Å². The van der Waals surface area contributed by atoms with E-state index in [9.17, 15) is 4.79 Å². The monoisotopic (exact) mass is 248 g/mol. The molecule has 1 aromatic rings. The number of nitrogens with one attached hydrogen (secondary N) is 1. The first-order valence-electron chi connectivity index (χ1n) is 6.42. The van der Waals surface area contributed by atoms with Crippen LogP contribution in [0.15, 0.2) is 24.3 Å². The van der Waals surface area contributed by atoms with Gasteiger partial charge in [-0.3, -0.25) is 0 Å². The molecule has 1 aliphatic rings. The molecule has 4 nitrogen and oxygen atoms in total. The van der Waals surface area contributed by atoms with Crippen LogP contribution in [0.5, 0.6) is 0 Å². The molecular weight excluding hydrogens is 228 g/mol. The topological polar surface area (TPSA) is 41.6 Å². The van der Waals surface area contributed by atoms with Crippen LogP contribution in [-0.2, 0) is 4.74 Å². The summed E-state index contributed by atoms with van der Waals surface area (Å²) in [6, 6.07) is 8.17. The van der Waals surface area contributed by atoms with E-state index >= 15 is 0 Å². The quantitative estimate of drug-likeness (QED) is 0.826. The van der Waals surface area contributed by atoms with E-state index in [1.165, 1.54) is 7.11 Å². The van der Waals surface area contributed by atoms with Crippen molar-refractivity contribution in [1.82, 2.24) is 5.32 Å². The molecule has 0 bridgehead atoms. The highest BCUT2D eigenvalue weighted by Gasteiger charge is 2.21. The maximum Gasteiger partial charge on any atom is 0.337 e. The van der Waals surface area contributed by atoms with Crippen LogP contribution in [0.25, 0.3) is 0 Å². The van der Waals surface area contributed by atoms with E-state index < -0.39 is 0 Å². The van der Waals surface area contributed by atoms with Crippen molar-refractivity contribution in [3.05, 3.63) is 29.8 Å². The van der Waals surface area contributed by atoms with Gasteiger partial charge in [0.15, 0.2) is 0 Å². The van der Waals surface area contributed by atoms with E-state index in [1.807, 2.05) is 12.1 Å². The first-order chi connectivity index (χ1) is 8.76. The summed E-state index contributed by atoms with van der Waals surface area (Å²) in [6.07, 6.45) is 1.09. The Kier molecular flexibility index (Phi) is 4.20. The number of benzene rings is 1. The maximum absolute atomic E-state index is 11.5. The van der Waals surface area contributed by atoms with Gasteiger partial charge in [-0.05, 0) is 24.6 Å². The molecule has 0 aliphatic carbocycles. The molecule has 2 rings (SSSR count). The minimum Gasteiger partial charge on any atom is -0.465 e. The number of hydrogen-bond donors (Lipinski definition) is 1. The average Bonchev–Trinajstić information content (AvgIpc) is 2.46. The van der Waals surface area contributed by atoms with Crippen molar-refractivity contribution in [3.8, 4) is 0 Å². The average molecular weight is 248 g/mol. The van der Waals surface area contributed by atoms with E-state index in [-0.39, 0.29) is 5.97 Å². The first-order valence-corrected chi connectivity index (χ1v) is 6.42. The minimum absolute atomic E-state index is 0.278. The summed E-state index contributed by atoms with van der Waals surface area (Å²) in [6.45, 7) is 5.15. The van der Waals surface area contributed by atoms with Crippen molar-refractivity contribution in [1.29, 1.82) is 0 Å². The molecule has 0 saturated carbocycles. The second-order valence-corrected chi connectivity index (χ2v) is 4.50. The fourth-order valence-corrected chi connectivity index (χ4v) is 2.39. The molecule has 0 aromatic heterocycles. The molecule has 98 valence electrons. The summed E-state index contributed by atoms with van der Waals surface area (Å²) in [5.41, 5.74) is 1.72. The van der Waals surface area contributed by atoms with E-state index in [2.05, 4.69) is 23.2 Å². The van der Waals surface area contributed by atoms with Gasteiger partial charge in [-0.2, -0.15) is 0 Å². The van der Waals surface area contributed by atoms with Crippen molar-refractivity contribution >= 4 is 11.7 Å². The van der Waals surface area contributed by atoms with E-state index in [4.69, 9.17) is 4.74 Å². The van der Waals surface area contributed by atoms with Gasteiger partial charge in [0.05, 0.1) is 12.7 Å². The van der Waals surface area contributed by atoms with Gasteiger partial charge in [-0.25, -0.2) is 4.79 Å². The van der Waals surface area contributed by atoms with Gasteiger partial charge < -0.3 is 15.0 Å². The molecule has 1 unspecified atom stereocenters. The highest BCUT2D eigenvalue weighted by atomic mass is 16.5. The zero-order chi connectivity index (χ0) is 13.0. The van der Waals surface area contributed by atoms with Crippen LogP contribution in [0, 0.1) is 0 Å². The molecule has 0 spiro atoms. The van der Waals surface area contributed by atoms with Gasteiger partial charge in [-0.1, -0.05) is 13.0 Å². The predicted molar refractivity (Wildman–Crippen MR) is 72.1 cm³/mol. The third-order valence-electron chi connectivity index (χ3n) is 3.42. The van der Waals surface area contributed by atoms with Crippen molar-refractivity contribution in [2.24, 2.45) is 0 Å². The molecule has 1 aliphatic heterocycles. The van der Waals surface area contributed by atoms with Crippen LogP contribution >= 0.6 is 0 Å². The minimum atomic E-state index is -0.278. The Morgan fingerprint density at radius 3 is 3.11 bits per heavy atom. The number of esters is 1. The lowest BCUT2D eigenvalue weighted by Gasteiger charge is -2.37. The SMILES string of the molecule is CCC1CNCCN1c1cccc(C(=O)OC)c1. The molecule has 1 N–H and O–H groups in total. The number of anilines is 1. The van der Waals surface area contributed by atoms with Crippen LogP contribution in [0.2, 0.25) is 0 Å². The molecule has 0 radical (unpaired) electrons. The van der Waals surface area contributed by atoms with Crippen molar-refractivity contribution < 1.29 is 9.53 Å². The highest BCUT2D eigenvalue weighted by Crippen LogP contribution is 2.21. The fourth-order valence-electron chi connectivity index (χ4n) is 2.39. The zero-order valence-electron chi connectivity index (χ0n) is 11.0. The van der Waals surface area contributed by atoms with Gasteiger partial charge >= 0.3 is 5.97 Å². The molecule has 1 saturated heterocycles. The third-order valence-corrected chi connectivity index (χ3v) is 3.42. The summed E-state index contributed by atoms with van der Waals surface area (Å²) in [5, 5.41) is 3.40. The predicted octanol–water partition coefficient (Wildman–Crippen LogP) is 1.66. The molecule has 1 atom stereocenters. The Labute approximate surface area is 108 Å². The smallest absolute Gasteiger partial charge is 0.337 e. The summed E-state index contributed by atoms with van der Waals surface area (Å²) < 4.78 is 4.76. The van der Waals surface area contributed by atoms with Crippen molar-refractivity contribution in [2.75, 3.05) is 31.6 Å². The van der Waals surface area contributed by atoms with Gasteiger partial charge in [0.1, 0.15) is 0 Å². The number of methoxy groups -OCH3 is 1. The van der Waals surface area contributed by atoms with E-state index in [1.54, 1.807) is 6.07 Å². The van der Waals surface area contributed by atoms with E-state index in [0.29, 0.717) is 11.6 Å². The van der Waals surface area contributed by atoms with E-state index in [0.717, 1.165) is 31.7 Å². The number of ether oxygens (including phenoxy) is 1. The standard InChI is InChI=1S/C14H20N2O2/c1-3-12-10-15-7-8-16(12)13-6-4-5-11(9-13)14(17)18-2/h4-6,9,12,15H,3,7-8,10H2,1-2H3. The number of piperazine rings is 1. The number of nitrogens with zero attached hydrogens (tertiary/aromatic N) is 1. The number of carbonyl (C=O) groups excluding carboxylic acids is 1. The molecule has 4 heteroatoms. The van der Waals surface area contributed by atoms with Crippen LogP contribution in [0.1, 0.15) is 23.7 Å². The Morgan fingerprint density at radius 2 is 2.39 bits per heavy atom. The molecular formula is C14H20N2O2. The maximum atomic E-state index is 11.5. The van der Waals surface area contributed by atoms with Gasteiger partial charge in [0.25, 0.3) is 0 Å². The molecule has 18 heavy (non-hydrogen) atoms. The Hall–Kier alpha value is -1.55. The summed E-state index contributed by atoms with van der Waals surface area (Å²) in [5.74, 6) is -0.278. The lowest BCUT2D eigenvalue weighted by atomic mass is 10.1. The Balaban J connectivity index is 2.23. The highest BCUT2D eigenvalue weighted by molar-refractivity contribution is 5.90. The fraction of sp³-hybridized carbons (Fsp3) is 0.500. The summed E-state index contributed by atoms with van der Waals surface area (Å²) >= 11 is 0. The number of rotatable bonds is 3. The number of hydrogen-bond acceptors (Lipinski definition) is 4. The molecule has 0 amide bonds. The molecule has 1 heterocycles. The Morgan fingerprint density at radius 1 is 1.56 bits per heavy atom. The summed E-state index contributed by atoms with van der Waals surface area (Å²) in [4.78, 5) is 13.9. The van der Waals surface area contributed by atoms with Crippen molar-refractivity contribution in [3.63, 3.8) is 0 Å². The second-order valence-electron chi connectivity index (χ2n) is 4.50. The molecule has 1 aromatic carbocycles. The Bertz CT molecular complexity index is 420. The largest absolute Gasteiger partial charge is 0.465 e. The normalized spacial score (nSPS) is 19.7. The van der Waals surface area contributed by atoms with Crippen LogP contribution in [0.3, 0.4) is 0 Å². The lowest BCUT2D eigenvalue weighted by Crippen LogP contribution is -2.51. The molecule has 1 fully saturated rings. The third kappa shape index (κ3) is 2.64. The number of carbonyl (C=O) groups is 1. The van der Waals surface area contributed by atoms with Gasteiger partial charge in [0.2, 0.25) is 0 Å². The van der Waals surface area contributed by atoms with Gasteiger partial charge in [-0.15, -0.1) is 0 Å². The lowest BCUT2D eigenvalue weighted by molar-refractivity contribution is 0.0601. The van der Waals surface area contributed by atoms with Crippen molar-refractivity contribution in [2.45, 2.75) is 19.4 Å². The van der Waals surface area contributed by atoms with Crippen LogP contribution in [0.4, 0.5) is 5.69 Å². The first kappa shape index (κ1) is 12.9. The zero-order valence-corrected chi connectivity index (χ0v) is 11.0. The van der Waals surface area contributed by atoms with Crippen LogP contribution in [-0.4, -0.2) is 38.8 Å². The van der Waals surface area contributed by atoms with Crippen LogP contribution < -0.4 is 10.2 Å². The summed E-state index contributed by atoms with van der Waals surface area (Å²) in [7, 11) is 1.41.